The second-order valence-electron chi connectivity index (χ2n) is 4.72. The minimum atomic E-state index is -3.67. The molecule has 1 amide bonds. The number of rotatable bonds is 9. The fraction of sp³-hybridized carbons (Fsp3) is 0.333. The summed E-state index contributed by atoms with van der Waals surface area (Å²) in [6, 6.07) is 6.76. The number of allylic oxidation sites excluding steroid dienone is 1. The first-order valence-electron chi connectivity index (χ1n) is 7.05. The maximum absolute atomic E-state index is 11.9. The van der Waals surface area contributed by atoms with E-state index >= 15 is 0 Å². The Bertz CT molecular complexity index is 656. The molecule has 0 heterocycles. The van der Waals surface area contributed by atoms with Crippen molar-refractivity contribution in [2.45, 2.75) is 30.7 Å². The standard InChI is InChI=1S/C15H20N2O5S/c1-2-3-9-13(15(19)20)17-14(18)10-11-16-23(21,22)12-7-5-4-6-8-12/h2-8,13,16H,9-11H2,1H3,(H,17,18)(H,19,20)/b3-2+. The zero-order chi connectivity index (χ0) is 17.3. The number of carboxylic acids is 1. The van der Waals surface area contributed by atoms with E-state index in [1.165, 1.54) is 12.1 Å². The predicted octanol–water partition coefficient (Wildman–Crippen LogP) is 0.891. The molecule has 126 valence electrons. The molecule has 0 bridgehead atoms. The zero-order valence-corrected chi connectivity index (χ0v) is 13.5. The summed E-state index contributed by atoms with van der Waals surface area (Å²) in [6.45, 7) is 1.64. The van der Waals surface area contributed by atoms with Crippen LogP contribution in [0.2, 0.25) is 0 Å². The van der Waals surface area contributed by atoms with Crippen molar-refractivity contribution in [2.24, 2.45) is 0 Å². The molecule has 8 heteroatoms. The first kappa shape index (κ1) is 18.9. The fourth-order valence-electron chi connectivity index (χ4n) is 1.74. The lowest BCUT2D eigenvalue weighted by Crippen LogP contribution is -2.41. The third kappa shape index (κ3) is 6.62. The maximum atomic E-state index is 11.9. The summed E-state index contributed by atoms with van der Waals surface area (Å²) >= 11 is 0. The van der Waals surface area contributed by atoms with Gasteiger partial charge < -0.3 is 10.4 Å². The largest absolute Gasteiger partial charge is 0.480 e. The van der Waals surface area contributed by atoms with E-state index in [2.05, 4.69) is 10.0 Å². The maximum Gasteiger partial charge on any atom is 0.326 e. The number of benzene rings is 1. The van der Waals surface area contributed by atoms with E-state index in [0.717, 1.165) is 0 Å². The van der Waals surface area contributed by atoms with Gasteiger partial charge in [0.1, 0.15) is 6.04 Å². The first-order chi connectivity index (χ1) is 10.9. The van der Waals surface area contributed by atoms with Crippen LogP contribution in [0.15, 0.2) is 47.4 Å². The van der Waals surface area contributed by atoms with E-state index in [9.17, 15) is 18.0 Å². The van der Waals surface area contributed by atoms with Crippen LogP contribution >= 0.6 is 0 Å². The highest BCUT2D eigenvalue weighted by atomic mass is 32.2. The second-order valence-corrected chi connectivity index (χ2v) is 6.49. The summed E-state index contributed by atoms with van der Waals surface area (Å²) in [5.41, 5.74) is 0. The van der Waals surface area contributed by atoms with Crippen LogP contribution in [0.1, 0.15) is 19.8 Å². The number of hydrogen-bond donors (Lipinski definition) is 3. The molecule has 1 unspecified atom stereocenters. The number of amides is 1. The molecule has 0 radical (unpaired) electrons. The molecule has 7 nitrogen and oxygen atoms in total. The van der Waals surface area contributed by atoms with Crippen molar-refractivity contribution in [3.8, 4) is 0 Å². The van der Waals surface area contributed by atoms with Gasteiger partial charge in [0, 0.05) is 13.0 Å². The Morgan fingerprint density at radius 3 is 2.48 bits per heavy atom. The minimum absolute atomic E-state index is 0.108. The third-order valence-corrected chi connectivity index (χ3v) is 4.42. The Kier molecular flexibility index (Phi) is 7.43. The van der Waals surface area contributed by atoms with Crippen molar-refractivity contribution in [2.75, 3.05) is 6.54 Å². The third-order valence-electron chi connectivity index (χ3n) is 2.94. The summed E-state index contributed by atoms with van der Waals surface area (Å²) < 4.78 is 26.2. The quantitative estimate of drug-likeness (QED) is 0.578. The Labute approximate surface area is 135 Å². The van der Waals surface area contributed by atoms with Crippen LogP contribution in [-0.2, 0) is 19.6 Å². The first-order valence-corrected chi connectivity index (χ1v) is 8.53. The number of carbonyl (C=O) groups excluding carboxylic acids is 1. The monoisotopic (exact) mass is 340 g/mol. The van der Waals surface area contributed by atoms with Gasteiger partial charge in [0.15, 0.2) is 0 Å². The summed E-state index contributed by atoms with van der Waals surface area (Å²) in [4.78, 5) is 22.8. The Hall–Kier alpha value is -2.19. The molecule has 0 aliphatic carbocycles. The number of aliphatic carboxylic acids is 1. The lowest BCUT2D eigenvalue weighted by Gasteiger charge is -2.13. The number of hydrogen-bond acceptors (Lipinski definition) is 4. The van der Waals surface area contributed by atoms with Gasteiger partial charge in [-0.1, -0.05) is 30.4 Å². The predicted molar refractivity (Wildman–Crippen MR) is 85.2 cm³/mol. The van der Waals surface area contributed by atoms with Crippen molar-refractivity contribution >= 4 is 21.9 Å². The fourth-order valence-corrected chi connectivity index (χ4v) is 2.79. The van der Waals surface area contributed by atoms with E-state index in [-0.39, 0.29) is 24.3 Å². The Balaban J connectivity index is 2.48. The SMILES string of the molecule is C/C=C/CC(NC(=O)CCNS(=O)(=O)c1ccccc1)C(=O)O. The molecule has 0 saturated carbocycles. The van der Waals surface area contributed by atoms with Crippen LogP contribution in [0.5, 0.6) is 0 Å². The van der Waals surface area contributed by atoms with Crippen molar-refractivity contribution in [1.29, 1.82) is 0 Å². The van der Waals surface area contributed by atoms with Gasteiger partial charge in [0.05, 0.1) is 4.90 Å². The average molecular weight is 340 g/mol. The smallest absolute Gasteiger partial charge is 0.326 e. The Morgan fingerprint density at radius 1 is 1.26 bits per heavy atom. The van der Waals surface area contributed by atoms with Gasteiger partial charge in [0.2, 0.25) is 15.9 Å². The molecule has 1 aromatic rings. The van der Waals surface area contributed by atoms with Gasteiger partial charge in [-0.05, 0) is 25.5 Å². The molecule has 1 aromatic carbocycles. The molecule has 23 heavy (non-hydrogen) atoms. The lowest BCUT2D eigenvalue weighted by atomic mass is 10.2. The molecular weight excluding hydrogens is 320 g/mol. The molecule has 1 atom stereocenters. The van der Waals surface area contributed by atoms with Crippen molar-refractivity contribution < 1.29 is 23.1 Å². The molecule has 0 saturated heterocycles. The topological polar surface area (TPSA) is 113 Å². The molecule has 0 aliphatic rings. The molecule has 0 spiro atoms. The number of sulfonamides is 1. The van der Waals surface area contributed by atoms with Gasteiger partial charge in [0.25, 0.3) is 0 Å². The Morgan fingerprint density at radius 2 is 1.91 bits per heavy atom. The normalized spacial score (nSPS) is 12.9. The van der Waals surface area contributed by atoms with Crippen LogP contribution in [0.4, 0.5) is 0 Å². The molecule has 1 rings (SSSR count). The van der Waals surface area contributed by atoms with Crippen LogP contribution < -0.4 is 10.0 Å². The minimum Gasteiger partial charge on any atom is -0.480 e. The number of carboxylic acid groups (broad SMARTS) is 1. The van der Waals surface area contributed by atoms with Crippen molar-refractivity contribution in [3.63, 3.8) is 0 Å². The van der Waals surface area contributed by atoms with E-state index in [0.29, 0.717) is 0 Å². The van der Waals surface area contributed by atoms with Gasteiger partial charge >= 0.3 is 5.97 Å². The second kappa shape index (κ2) is 9.06. The van der Waals surface area contributed by atoms with Gasteiger partial charge in [-0.15, -0.1) is 0 Å². The van der Waals surface area contributed by atoms with E-state index in [1.54, 1.807) is 37.3 Å². The van der Waals surface area contributed by atoms with E-state index < -0.39 is 27.9 Å². The average Bonchev–Trinajstić information content (AvgIpc) is 2.51. The summed E-state index contributed by atoms with van der Waals surface area (Å²) in [5.74, 6) is -1.67. The van der Waals surface area contributed by atoms with Crippen LogP contribution in [0.3, 0.4) is 0 Å². The molecule has 3 N–H and O–H groups in total. The van der Waals surface area contributed by atoms with Crippen molar-refractivity contribution in [3.05, 3.63) is 42.5 Å². The summed E-state index contributed by atoms with van der Waals surface area (Å²) in [6.07, 6.45) is 3.35. The van der Waals surface area contributed by atoms with E-state index in [1.807, 2.05) is 0 Å². The van der Waals surface area contributed by atoms with Gasteiger partial charge in [-0.25, -0.2) is 17.9 Å². The molecule has 0 fully saturated rings. The summed E-state index contributed by atoms with van der Waals surface area (Å²) in [7, 11) is -3.67. The molecule has 0 aromatic heterocycles. The number of carbonyl (C=O) groups is 2. The van der Waals surface area contributed by atoms with E-state index in [4.69, 9.17) is 5.11 Å². The van der Waals surface area contributed by atoms with Gasteiger partial charge in [-0.3, -0.25) is 4.79 Å². The van der Waals surface area contributed by atoms with Crippen molar-refractivity contribution in [1.82, 2.24) is 10.0 Å². The summed E-state index contributed by atoms with van der Waals surface area (Å²) in [5, 5.41) is 11.3. The number of nitrogens with one attached hydrogen (secondary N) is 2. The van der Waals surface area contributed by atoms with Gasteiger partial charge in [-0.2, -0.15) is 0 Å². The molecule has 0 aliphatic heterocycles. The van der Waals surface area contributed by atoms with Crippen LogP contribution in [0, 0.1) is 0 Å². The molecular formula is C15H20N2O5S. The lowest BCUT2D eigenvalue weighted by molar-refractivity contribution is -0.141. The highest BCUT2D eigenvalue weighted by molar-refractivity contribution is 7.89. The van der Waals surface area contributed by atoms with Crippen LogP contribution in [-0.4, -0.2) is 38.0 Å². The zero-order valence-electron chi connectivity index (χ0n) is 12.7. The van der Waals surface area contributed by atoms with Crippen LogP contribution in [0.25, 0.3) is 0 Å². The highest BCUT2D eigenvalue weighted by Gasteiger charge is 2.19. The highest BCUT2D eigenvalue weighted by Crippen LogP contribution is 2.06.